The molecular formula is C21H32O8. The quantitative estimate of drug-likeness (QED) is 0.284. The Kier molecular flexibility index (Phi) is 12.4. The van der Waals surface area contributed by atoms with Gasteiger partial charge in [-0.2, -0.15) is 0 Å². The van der Waals surface area contributed by atoms with Crippen molar-refractivity contribution in [1.82, 2.24) is 0 Å². The first-order valence-electron chi connectivity index (χ1n) is 10.2. The molecule has 29 heavy (non-hydrogen) atoms. The zero-order valence-electron chi connectivity index (χ0n) is 17.4. The molecule has 0 atom stereocenters. The molecule has 0 radical (unpaired) electrons. The number of ether oxygens (including phenoxy) is 4. The number of methoxy groups -OCH3 is 2. The van der Waals surface area contributed by atoms with E-state index in [0.29, 0.717) is 0 Å². The van der Waals surface area contributed by atoms with Gasteiger partial charge in [0, 0.05) is 12.2 Å². The van der Waals surface area contributed by atoms with Crippen molar-refractivity contribution >= 4 is 23.9 Å². The average molecular weight is 412 g/mol. The summed E-state index contributed by atoms with van der Waals surface area (Å²) in [5.41, 5.74) is 0. The lowest BCUT2D eigenvalue weighted by Crippen LogP contribution is -2.21. The molecule has 8 nitrogen and oxygen atoms in total. The molecule has 0 unspecified atom stereocenters. The van der Waals surface area contributed by atoms with E-state index in [2.05, 4.69) is 9.47 Å². The van der Waals surface area contributed by atoms with E-state index >= 15 is 0 Å². The van der Waals surface area contributed by atoms with Crippen LogP contribution in [-0.4, -0.2) is 50.3 Å². The molecule has 0 bridgehead atoms. The third kappa shape index (κ3) is 11.9. The van der Waals surface area contributed by atoms with Crippen LogP contribution in [0.4, 0.5) is 0 Å². The first-order chi connectivity index (χ1) is 13.9. The highest BCUT2D eigenvalue weighted by Gasteiger charge is 2.18. The molecule has 2 saturated carbocycles. The Labute approximate surface area is 171 Å². The first kappa shape index (κ1) is 24.7. The van der Waals surface area contributed by atoms with E-state index in [4.69, 9.17) is 9.47 Å². The largest absolute Gasteiger partial charge is 0.469 e. The molecule has 2 rings (SSSR count). The van der Waals surface area contributed by atoms with Crippen LogP contribution in [0.3, 0.4) is 0 Å². The summed E-state index contributed by atoms with van der Waals surface area (Å²) < 4.78 is 19.0. The van der Waals surface area contributed by atoms with Crippen LogP contribution in [0.25, 0.3) is 0 Å². The summed E-state index contributed by atoms with van der Waals surface area (Å²) in [4.78, 5) is 43.7. The summed E-state index contributed by atoms with van der Waals surface area (Å²) in [6.45, 7) is 0. The second-order valence-electron chi connectivity index (χ2n) is 7.06. The molecule has 0 N–H and O–H groups in total. The molecular weight excluding hydrogens is 380 g/mol. The minimum Gasteiger partial charge on any atom is -0.469 e. The predicted octanol–water partition coefficient (Wildman–Crippen LogP) is 3.02. The van der Waals surface area contributed by atoms with Crippen LogP contribution < -0.4 is 0 Å². The monoisotopic (exact) mass is 412 g/mol. The molecule has 0 aromatic heterocycles. The van der Waals surface area contributed by atoms with Gasteiger partial charge in [-0.1, -0.05) is 12.8 Å². The molecule has 0 aromatic rings. The smallest absolute Gasteiger partial charge is 0.331 e. The standard InChI is InChI=1S/C16H24O4.C5H8O4/c17-15(19-13-7-3-1-4-8-13)11-12-16(18)20-14-9-5-2-6-10-14;1-8-4(6)3-5(7)9-2/h11-14H,1-10H2;3H2,1-2H3/b12-11-;. The predicted molar refractivity (Wildman–Crippen MR) is 104 cm³/mol. The molecule has 164 valence electrons. The van der Waals surface area contributed by atoms with Crippen molar-refractivity contribution < 1.29 is 38.1 Å². The van der Waals surface area contributed by atoms with Gasteiger partial charge in [0.25, 0.3) is 0 Å². The normalized spacial score (nSPS) is 17.6. The summed E-state index contributed by atoms with van der Waals surface area (Å²) in [5, 5.41) is 0. The summed E-state index contributed by atoms with van der Waals surface area (Å²) in [6, 6.07) is 0. The number of esters is 4. The lowest BCUT2D eigenvalue weighted by Gasteiger charge is -2.21. The number of carbonyl (C=O) groups is 4. The zero-order valence-corrected chi connectivity index (χ0v) is 17.4. The lowest BCUT2D eigenvalue weighted by molar-refractivity contribution is -0.151. The molecule has 2 aliphatic rings. The van der Waals surface area contributed by atoms with E-state index in [1.54, 1.807) is 0 Å². The fourth-order valence-corrected chi connectivity index (χ4v) is 3.17. The van der Waals surface area contributed by atoms with E-state index in [9.17, 15) is 19.2 Å². The van der Waals surface area contributed by atoms with Crippen molar-refractivity contribution in [2.45, 2.75) is 82.8 Å². The van der Waals surface area contributed by atoms with Gasteiger partial charge in [0.15, 0.2) is 0 Å². The Bertz CT molecular complexity index is 509. The topological polar surface area (TPSA) is 105 Å². The summed E-state index contributed by atoms with van der Waals surface area (Å²) in [5.74, 6) is -2.03. The number of hydrogen-bond acceptors (Lipinski definition) is 8. The van der Waals surface area contributed by atoms with Gasteiger partial charge < -0.3 is 18.9 Å². The average Bonchev–Trinajstić information content (AvgIpc) is 2.74. The van der Waals surface area contributed by atoms with Gasteiger partial charge in [-0.3, -0.25) is 9.59 Å². The highest BCUT2D eigenvalue weighted by atomic mass is 16.6. The maximum atomic E-state index is 11.6. The second kappa shape index (κ2) is 14.6. The molecule has 8 heteroatoms. The maximum Gasteiger partial charge on any atom is 0.331 e. The summed E-state index contributed by atoms with van der Waals surface area (Å²) in [6.07, 6.45) is 12.8. The van der Waals surface area contributed by atoms with E-state index in [-0.39, 0.29) is 18.6 Å². The summed E-state index contributed by atoms with van der Waals surface area (Å²) >= 11 is 0. The van der Waals surface area contributed by atoms with E-state index < -0.39 is 23.9 Å². The van der Waals surface area contributed by atoms with Gasteiger partial charge in [0.05, 0.1) is 14.2 Å². The molecule has 0 aliphatic heterocycles. The molecule has 2 fully saturated rings. The van der Waals surface area contributed by atoms with Crippen molar-refractivity contribution in [3.63, 3.8) is 0 Å². The molecule has 0 saturated heterocycles. The molecule has 0 heterocycles. The van der Waals surface area contributed by atoms with Crippen LogP contribution in [0.15, 0.2) is 12.2 Å². The third-order valence-corrected chi connectivity index (χ3v) is 4.77. The van der Waals surface area contributed by atoms with Gasteiger partial charge >= 0.3 is 23.9 Å². The highest BCUT2D eigenvalue weighted by Crippen LogP contribution is 2.21. The number of hydrogen-bond donors (Lipinski definition) is 0. The minimum atomic E-state index is -0.582. The van der Waals surface area contributed by atoms with Gasteiger partial charge in [-0.05, 0) is 51.4 Å². The van der Waals surface area contributed by atoms with Gasteiger partial charge in [-0.25, -0.2) is 9.59 Å². The van der Waals surface area contributed by atoms with Crippen molar-refractivity contribution in [2.75, 3.05) is 14.2 Å². The SMILES string of the molecule is COC(=O)CC(=O)OC.O=C(/C=C\C(=O)OC1CCCCC1)OC1CCCCC1. The summed E-state index contributed by atoms with van der Waals surface area (Å²) in [7, 11) is 2.43. The van der Waals surface area contributed by atoms with Gasteiger partial charge in [-0.15, -0.1) is 0 Å². The van der Waals surface area contributed by atoms with Crippen LogP contribution in [0.2, 0.25) is 0 Å². The van der Waals surface area contributed by atoms with E-state index in [1.165, 1.54) is 39.2 Å². The van der Waals surface area contributed by atoms with Crippen molar-refractivity contribution in [2.24, 2.45) is 0 Å². The molecule has 0 aromatic carbocycles. The van der Waals surface area contributed by atoms with Crippen LogP contribution in [-0.2, 0) is 38.1 Å². The van der Waals surface area contributed by atoms with Crippen LogP contribution >= 0.6 is 0 Å². The third-order valence-electron chi connectivity index (χ3n) is 4.77. The van der Waals surface area contributed by atoms with E-state index in [1.807, 2.05) is 0 Å². The Morgan fingerprint density at radius 1 is 0.655 bits per heavy atom. The van der Waals surface area contributed by atoms with E-state index in [0.717, 1.165) is 51.4 Å². The molecule has 0 spiro atoms. The maximum absolute atomic E-state index is 11.6. The number of carbonyl (C=O) groups excluding carboxylic acids is 4. The Morgan fingerprint density at radius 3 is 1.31 bits per heavy atom. The van der Waals surface area contributed by atoms with Gasteiger partial charge in [0.2, 0.25) is 0 Å². The van der Waals surface area contributed by atoms with Crippen LogP contribution in [0.5, 0.6) is 0 Å². The Hall–Kier alpha value is -2.38. The molecule has 2 aliphatic carbocycles. The van der Waals surface area contributed by atoms with Crippen molar-refractivity contribution in [3.05, 3.63) is 12.2 Å². The second-order valence-corrected chi connectivity index (χ2v) is 7.06. The first-order valence-corrected chi connectivity index (χ1v) is 10.2. The van der Waals surface area contributed by atoms with Crippen molar-refractivity contribution in [3.8, 4) is 0 Å². The van der Waals surface area contributed by atoms with Crippen LogP contribution in [0.1, 0.15) is 70.6 Å². The minimum absolute atomic E-state index is 0.0234. The highest BCUT2D eigenvalue weighted by molar-refractivity contribution is 5.92. The molecule has 0 amide bonds. The zero-order chi connectivity index (χ0) is 21.5. The Morgan fingerprint density at radius 2 is 1.00 bits per heavy atom. The lowest BCUT2D eigenvalue weighted by atomic mass is 9.98. The number of rotatable bonds is 6. The Balaban J connectivity index is 0.000000396. The fraction of sp³-hybridized carbons (Fsp3) is 0.714. The van der Waals surface area contributed by atoms with Crippen molar-refractivity contribution in [1.29, 1.82) is 0 Å². The fourth-order valence-electron chi connectivity index (χ4n) is 3.17. The van der Waals surface area contributed by atoms with Gasteiger partial charge in [0.1, 0.15) is 18.6 Å². The van der Waals surface area contributed by atoms with Crippen LogP contribution in [0, 0.1) is 0 Å².